The highest BCUT2D eigenvalue weighted by Gasteiger charge is 2.61. The molecule has 3 heterocycles. The maximum atomic E-state index is 14.0. The van der Waals surface area contributed by atoms with Gasteiger partial charge >= 0.3 is 0 Å². The molecule has 0 aromatic heterocycles. The second kappa shape index (κ2) is 12.5. The summed E-state index contributed by atoms with van der Waals surface area (Å²) in [5.41, 5.74) is -2.22. The molecule has 0 N–H and O–H groups in total. The summed E-state index contributed by atoms with van der Waals surface area (Å²) in [5, 5.41) is 0. The molecule has 3 saturated heterocycles. The van der Waals surface area contributed by atoms with E-state index < -0.39 is 54.8 Å². The van der Waals surface area contributed by atoms with E-state index in [2.05, 4.69) is 14.8 Å². The molecule has 2 atom stereocenters. The van der Waals surface area contributed by atoms with Gasteiger partial charge in [0.05, 0.1) is 32.7 Å². The van der Waals surface area contributed by atoms with Gasteiger partial charge in [-0.3, -0.25) is 29.4 Å². The molecule has 2 amide bonds. The molecule has 2 aromatic rings. The molecule has 47 heavy (non-hydrogen) atoms. The van der Waals surface area contributed by atoms with Crippen LogP contribution in [0.15, 0.2) is 80.4 Å². The number of hydrogen-bond acceptors (Lipinski definition) is 10. The molecular weight excluding hydrogens is 641 g/mol. The predicted octanol–water partition coefficient (Wildman–Crippen LogP) is 2.94. The number of nitrogens with zero attached hydrogens (tertiary/aromatic N) is 6. The smallest absolute Gasteiger partial charge is 0.271 e. The van der Waals surface area contributed by atoms with Gasteiger partial charge in [-0.2, -0.15) is 8.61 Å². The van der Waals surface area contributed by atoms with Crippen LogP contribution in [-0.4, -0.2) is 111 Å². The Hall–Kier alpha value is -3.46. The molecule has 3 fully saturated rings. The fraction of sp³-hybridized carbons (Fsp3) is 0.515. The molecule has 2 unspecified atom stereocenters. The van der Waals surface area contributed by atoms with Crippen LogP contribution < -0.4 is 0 Å². The van der Waals surface area contributed by atoms with Crippen LogP contribution in [0.4, 0.5) is 0 Å². The van der Waals surface area contributed by atoms with Crippen LogP contribution in [0.1, 0.15) is 41.5 Å². The van der Waals surface area contributed by atoms with Crippen molar-refractivity contribution in [3.05, 3.63) is 60.7 Å². The third kappa shape index (κ3) is 5.83. The summed E-state index contributed by atoms with van der Waals surface area (Å²) in [4.78, 5) is 41.1. The summed E-state index contributed by atoms with van der Waals surface area (Å²) in [6.07, 6.45) is 0. The average molecular weight is 685 g/mol. The van der Waals surface area contributed by atoms with E-state index in [0.29, 0.717) is 32.7 Å². The standard InChI is InChI=1S/C33H44N6O6S2/c1-23(2)22-35-29-27(33(5,6)31(41)39(29)47(44,45)25-16-12-9-13-17-25)37-20-18-36(19-21-37)26-28(34-7)38(30(40)32(26,3)4)46(42,43)24-14-10-8-11-15-24/h8-17,23,26-27H,18-22H2,1-7H3/b34-28+,35-29+. The Kier molecular flexibility index (Phi) is 9.29. The van der Waals surface area contributed by atoms with E-state index in [-0.39, 0.29) is 27.4 Å². The Morgan fingerprint density at radius 3 is 1.40 bits per heavy atom. The van der Waals surface area contributed by atoms with Crippen molar-refractivity contribution in [2.75, 3.05) is 39.8 Å². The van der Waals surface area contributed by atoms with E-state index in [0.717, 1.165) is 8.61 Å². The topological polar surface area (TPSA) is 140 Å². The molecule has 3 aliphatic rings. The first-order valence-electron chi connectivity index (χ1n) is 15.8. The normalized spacial score (nSPS) is 25.9. The van der Waals surface area contributed by atoms with Crippen molar-refractivity contribution in [2.24, 2.45) is 26.7 Å². The summed E-state index contributed by atoms with van der Waals surface area (Å²) in [7, 11) is -6.93. The first-order chi connectivity index (χ1) is 22.0. The molecule has 0 bridgehead atoms. The van der Waals surface area contributed by atoms with E-state index in [1.165, 1.54) is 31.3 Å². The zero-order valence-corrected chi connectivity index (χ0v) is 29.6. The number of rotatable bonds is 8. The van der Waals surface area contributed by atoms with Gasteiger partial charge in [0.15, 0.2) is 0 Å². The largest absolute Gasteiger partial charge is 0.290 e. The summed E-state index contributed by atoms with van der Waals surface area (Å²) < 4.78 is 57.0. The Morgan fingerprint density at radius 2 is 1.04 bits per heavy atom. The predicted molar refractivity (Wildman–Crippen MR) is 180 cm³/mol. The molecular formula is C33H44N6O6S2. The van der Waals surface area contributed by atoms with Crippen molar-refractivity contribution in [3.8, 4) is 0 Å². The molecule has 12 nitrogen and oxygen atoms in total. The number of aliphatic imine (C=N–C) groups is 2. The minimum atomic E-state index is -4.23. The van der Waals surface area contributed by atoms with Gasteiger partial charge in [0.1, 0.15) is 11.7 Å². The second-order valence-corrected chi connectivity index (χ2v) is 17.3. The van der Waals surface area contributed by atoms with Gasteiger partial charge in [-0.05, 0) is 57.9 Å². The van der Waals surface area contributed by atoms with Gasteiger partial charge in [0.25, 0.3) is 20.0 Å². The lowest BCUT2D eigenvalue weighted by molar-refractivity contribution is -0.133. The first-order valence-corrected chi connectivity index (χ1v) is 18.7. The molecule has 0 saturated carbocycles. The third-order valence-electron chi connectivity index (χ3n) is 9.23. The molecule has 5 rings (SSSR count). The van der Waals surface area contributed by atoms with Crippen LogP contribution in [0.5, 0.6) is 0 Å². The lowest BCUT2D eigenvalue weighted by Gasteiger charge is -2.44. The number of amidine groups is 2. The number of piperazine rings is 1. The van der Waals surface area contributed by atoms with Crippen LogP contribution in [-0.2, 0) is 29.6 Å². The Labute approximate surface area is 278 Å². The first kappa shape index (κ1) is 34.9. The van der Waals surface area contributed by atoms with E-state index >= 15 is 0 Å². The van der Waals surface area contributed by atoms with Crippen molar-refractivity contribution in [3.63, 3.8) is 0 Å². The van der Waals surface area contributed by atoms with Gasteiger partial charge in [-0.1, -0.05) is 50.2 Å². The van der Waals surface area contributed by atoms with Gasteiger partial charge in [0.2, 0.25) is 11.8 Å². The quantitative estimate of drug-likeness (QED) is 0.414. The van der Waals surface area contributed by atoms with E-state index in [1.54, 1.807) is 64.1 Å². The van der Waals surface area contributed by atoms with Crippen molar-refractivity contribution in [1.82, 2.24) is 18.4 Å². The number of sulfonamides is 2. The lowest BCUT2D eigenvalue weighted by Crippen LogP contribution is -2.60. The third-order valence-corrected chi connectivity index (χ3v) is 12.6. The summed E-state index contributed by atoms with van der Waals surface area (Å²) >= 11 is 0. The van der Waals surface area contributed by atoms with Crippen molar-refractivity contribution < 1.29 is 26.4 Å². The Bertz CT molecular complexity index is 1800. The van der Waals surface area contributed by atoms with Crippen molar-refractivity contribution in [2.45, 2.75) is 63.4 Å². The van der Waals surface area contributed by atoms with Gasteiger partial charge in [-0.25, -0.2) is 16.8 Å². The van der Waals surface area contributed by atoms with Crippen molar-refractivity contribution in [1.29, 1.82) is 0 Å². The zero-order valence-electron chi connectivity index (χ0n) is 28.0. The van der Waals surface area contributed by atoms with Crippen LogP contribution in [0.3, 0.4) is 0 Å². The number of carbonyl (C=O) groups is 2. The number of amides is 2. The summed E-state index contributed by atoms with van der Waals surface area (Å²) in [5.74, 6) is -0.599. The van der Waals surface area contributed by atoms with Crippen LogP contribution in [0.25, 0.3) is 0 Å². The number of benzene rings is 2. The second-order valence-electron chi connectivity index (χ2n) is 13.8. The maximum absolute atomic E-state index is 14.0. The average Bonchev–Trinajstić information content (AvgIpc) is 3.38. The molecule has 0 aliphatic carbocycles. The highest BCUT2D eigenvalue weighted by atomic mass is 32.2. The summed E-state index contributed by atoms with van der Waals surface area (Å²) in [6.45, 7) is 13.0. The summed E-state index contributed by atoms with van der Waals surface area (Å²) in [6, 6.07) is 14.5. The SMILES string of the molecule is C/N=C1\C(N2CCN(C3/C(=N\CC(C)C)N(S(=O)(=O)c4ccccc4)C(=O)C3(C)C)CC2)C(C)(C)C(=O)N1S(=O)(=O)c1ccccc1. The van der Waals surface area contributed by atoms with E-state index in [1.807, 2.05) is 13.8 Å². The monoisotopic (exact) mass is 684 g/mol. The molecule has 2 aromatic carbocycles. The highest BCUT2D eigenvalue weighted by Crippen LogP contribution is 2.43. The van der Waals surface area contributed by atoms with Crippen LogP contribution in [0.2, 0.25) is 0 Å². The van der Waals surface area contributed by atoms with Gasteiger partial charge in [0, 0.05) is 39.8 Å². The molecule has 0 spiro atoms. The Morgan fingerprint density at radius 1 is 0.681 bits per heavy atom. The highest BCUT2D eigenvalue weighted by molar-refractivity contribution is 7.90. The van der Waals surface area contributed by atoms with Gasteiger partial charge < -0.3 is 0 Å². The van der Waals surface area contributed by atoms with Gasteiger partial charge in [-0.15, -0.1) is 0 Å². The molecule has 0 radical (unpaired) electrons. The maximum Gasteiger partial charge on any atom is 0.271 e. The molecule has 254 valence electrons. The minimum absolute atomic E-state index is 0.00660. The number of carbonyl (C=O) groups excluding carboxylic acids is 2. The van der Waals surface area contributed by atoms with Crippen LogP contribution in [0, 0.1) is 16.7 Å². The fourth-order valence-corrected chi connectivity index (χ4v) is 9.99. The zero-order chi connectivity index (χ0) is 34.5. The minimum Gasteiger partial charge on any atom is -0.290 e. The fourth-order valence-electron chi connectivity index (χ4n) is 6.83. The Balaban J connectivity index is 1.45. The van der Waals surface area contributed by atoms with E-state index in [9.17, 15) is 26.4 Å². The molecule has 14 heteroatoms. The van der Waals surface area contributed by atoms with Crippen molar-refractivity contribution >= 4 is 43.5 Å². The van der Waals surface area contributed by atoms with E-state index in [4.69, 9.17) is 4.99 Å². The lowest BCUT2D eigenvalue weighted by atomic mass is 9.83. The van der Waals surface area contributed by atoms with Crippen LogP contribution >= 0.6 is 0 Å². The number of hydrogen-bond donors (Lipinski definition) is 0. The molecule has 3 aliphatic heterocycles.